The van der Waals surface area contributed by atoms with E-state index < -0.39 is 42.2 Å². The Morgan fingerprint density at radius 2 is 1.78 bits per heavy atom. The predicted molar refractivity (Wildman–Crippen MR) is 113 cm³/mol. The van der Waals surface area contributed by atoms with Gasteiger partial charge in [0.2, 0.25) is 5.91 Å². The van der Waals surface area contributed by atoms with Crippen molar-refractivity contribution in [1.29, 1.82) is 0 Å². The molecule has 0 spiro atoms. The Hall–Kier alpha value is -2.79. The summed E-state index contributed by atoms with van der Waals surface area (Å²) in [6.07, 6.45) is -0.944. The van der Waals surface area contributed by atoms with Gasteiger partial charge in [-0.25, -0.2) is 4.79 Å². The summed E-state index contributed by atoms with van der Waals surface area (Å²) >= 11 is 0. The molecule has 2 heterocycles. The molecule has 178 valence electrons. The van der Waals surface area contributed by atoms with E-state index in [-0.39, 0.29) is 31.2 Å². The Morgan fingerprint density at radius 1 is 1.12 bits per heavy atom. The lowest BCUT2D eigenvalue weighted by molar-refractivity contribution is -0.160. The molecule has 11 nitrogen and oxygen atoms in total. The molecule has 2 rings (SSSR count). The van der Waals surface area contributed by atoms with Crippen molar-refractivity contribution in [3.63, 3.8) is 0 Å². The first kappa shape index (κ1) is 25.5. The quantitative estimate of drug-likeness (QED) is 0.473. The number of aliphatic hydroxyl groups is 1. The van der Waals surface area contributed by atoms with E-state index in [1.54, 1.807) is 0 Å². The van der Waals surface area contributed by atoms with E-state index in [1.165, 1.54) is 12.3 Å². The van der Waals surface area contributed by atoms with Gasteiger partial charge in [-0.15, -0.1) is 0 Å². The third-order valence-electron chi connectivity index (χ3n) is 4.74. The van der Waals surface area contributed by atoms with E-state index in [1.807, 2.05) is 20.8 Å². The van der Waals surface area contributed by atoms with Gasteiger partial charge in [-0.2, -0.15) is 4.98 Å². The molecule has 1 aromatic heterocycles. The van der Waals surface area contributed by atoms with Gasteiger partial charge in [0, 0.05) is 25.5 Å². The average molecular weight is 453 g/mol. The van der Waals surface area contributed by atoms with Gasteiger partial charge in [0.05, 0.1) is 0 Å². The summed E-state index contributed by atoms with van der Waals surface area (Å²) in [4.78, 5) is 51.8. The first-order chi connectivity index (χ1) is 15.3. The largest absolute Gasteiger partial charge is 0.463 e. The number of nitrogens with one attached hydrogen (secondary N) is 1. The highest BCUT2D eigenvalue weighted by Crippen LogP contribution is 2.31. The second kappa shape index (κ2) is 12.3. The number of carbonyl (C=O) groups excluding carboxylic acids is 3. The van der Waals surface area contributed by atoms with Gasteiger partial charge in [0.1, 0.15) is 24.6 Å². The third-order valence-corrected chi connectivity index (χ3v) is 4.74. The van der Waals surface area contributed by atoms with Crippen LogP contribution in [-0.4, -0.2) is 57.4 Å². The van der Waals surface area contributed by atoms with E-state index in [2.05, 4.69) is 10.3 Å². The Balaban J connectivity index is 2.19. The molecule has 32 heavy (non-hydrogen) atoms. The molecular formula is C21H31N3O8. The van der Waals surface area contributed by atoms with Gasteiger partial charge in [0.15, 0.2) is 12.3 Å². The number of amides is 1. The molecule has 11 heteroatoms. The fourth-order valence-corrected chi connectivity index (χ4v) is 3.20. The van der Waals surface area contributed by atoms with E-state index in [4.69, 9.17) is 14.2 Å². The zero-order chi connectivity index (χ0) is 23.7. The first-order valence-electron chi connectivity index (χ1n) is 10.9. The summed E-state index contributed by atoms with van der Waals surface area (Å²) in [5.41, 5.74) is -0.773. The van der Waals surface area contributed by atoms with E-state index in [0.29, 0.717) is 25.7 Å². The zero-order valence-corrected chi connectivity index (χ0v) is 18.6. The van der Waals surface area contributed by atoms with Crippen molar-refractivity contribution in [1.82, 2.24) is 9.55 Å². The number of hydrogen-bond acceptors (Lipinski definition) is 9. The highest BCUT2D eigenvalue weighted by Gasteiger charge is 2.48. The summed E-state index contributed by atoms with van der Waals surface area (Å²) in [5.74, 6) is -1.18. The number of anilines is 1. The Morgan fingerprint density at radius 3 is 2.41 bits per heavy atom. The molecule has 4 unspecified atom stereocenters. The highest BCUT2D eigenvalue weighted by molar-refractivity contribution is 5.89. The first-order valence-corrected chi connectivity index (χ1v) is 10.9. The SMILES string of the molecule is CCCC(=O)Nc1ccn(C2OC(COC(=O)CCC)C(OC(=O)CCC)C2O)c(=O)n1. The topological polar surface area (TPSA) is 146 Å². The standard InChI is InChI=1S/C21H31N3O8/c1-4-7-15(25)22-14-10-11-24(21(29)23-14)20-18(28)19(32-17(27)9-6-3)13(31-20)12-30-16(26)8-5-2/h10-11,13,18-20,28H,4-9,12H2,1-3H3,(H,22,23,25,29). The molecule has 0 radical (unpaired) electrons. The molecule has 1 saturated heterocycles. The Bertz CT molecular complexity index is 856. The van der Waals surface area contributed by atoms with Gasteiger partial charge in [-0.3, -0.25) is 19.0 Å². The number of esters is 2. The summed E-state index contributed by atoms with van der Waals surface area (Å²) in [6.45, 7) is 5.24. The normalized spacial score (nSPS) is 22.4. The fourth-order valence-electron chi connectivity index (χ4n) is 3.20. The minimum Gasteiger partial charge on any atom is -0.463 e. The molecule has 1 aliphatic rings. The molecule has 1 aromatic rings. The van der Waals surface area contributed by atoms with Gasteiger partial charge in [-0.1, -0.05) is 20.8 Å². The van der Waals surface area contributed by atoms with Crippen LogP contribution < -0.4 is 11.0 Å². The summed E-state index contributed by atoms with van der Waals surface area (Å²) < 4.78 is 17.3. The van der Waals surface area contributed by atoms with Gasteiger partial charge >= 0.3 is 17.6 Å². The zero-order valence-electron chi connectivity index (χ0n) is 18.6. The molecule has 0 aromatic carbocycles. The number of carbonyl (C=O) groups is 3. The number of ether oxygens (including phenoxy) is 3. The summed E-state index contributed by atoms with van der Waals surface area (Å²) in [5, 5.41) is 13.3. The highest BCUT2D eigenvalue weighted by atomic mass is 16.6. The van der Waals surface area contributed by atoms with Crippen molar-refractivity contribution in [2.24, 2.45) is 0 Å². The van der Waals surface area contributed by atoms with Crippen LogP contribution in [0.2, 0.25) is 0 Å². The minimum absolute atomic E-state index is 0.0770. The molecule has 0 saturated carbocycles. The Labute approximate surface area is 186 Å². The molecular weight excluding hydrogens is 422 g/mol. The maximum atomic E-state index is 12.5. The molecule has 1 aliphatic heterocycles. The van der Waals surface area contributed by atoms with Crippen LogP contribution in [0.1, 0.15) is 65.5 Å². The van der Waals surface area contributed by atoms with Crippen LogP contribution in [0.3, 0.4) is 0 Å². The smallest absolute Gasteiger partial charge is 0.351 e. The van der Waals surface area contributed by atoms with Crippen molar-refractivity contribution in [2.45, 2.75) is 83.8 Å². The number of rotatable bonds is 11. The summed E-state index contributed by atoms with van der Waals surface area (Å²) in [7, 11) is 0. The van der Waals surface area contributed by atoms with Crippen molar-refractivity contribution >= 4 is 23.7 Å². The maximum Gasteiger partial charge on any atom is 0.351 e. The molecule has 0 bridgehead atoms. The second-order valence-corrected chi connectivity index (χ2v) is 7.49. The third kappa shape index (κ3) is 6.86. The van der Waals surface area contributed by atoms with Crippen LogP contribution in [0.25, 0.3) is 0 Å². The van der Waals surface area contributed by atoms with Crippen molar-refractivity contribution in [3.05, 3.63) is 22.7 Å². The van der Waals surface area contributed by atoms with Crippen LogP contribution in [-0.2, 0) is 28.6 Å². The monoisotopic (exact) mass is 453 g/mol. The summed E-state index contributed by atoms with van der Waals surface area (Å²) in [6, 6.07) is 1.40. The van der Waals surface area contributed by atoms with Crippen molar-refractivity contribution in [3.8, 4) is 0 Å². The fraction of sp³-hybridized carbons (Fsp3) is 0.667. The second-order valence-electron chi connectivity index (χ2n) is 7.49. The van der Waals surface area contributed by atoms with Gasteiger partial charge in [-0.05, 0) is 25.3 Å². The van der Waals surface area contributed by atoms with Gasteiger partial charge < -0.3 is 24.6 Å². The average Bonchev–Trinajstić information content (AvgIpc) is 3.02. The Kier molecular flexibility index (Phi) is 9.79. The minimum atomic E-state index is -1.40. The molecule has 4 atom stereocenters. The molecule has 2 N–H and O–H groups in total. The number of hydrogen-bond donors (Lipinski definition) is 2. The number of aromatic nitrogens is 2. The van der Waals surface area contributed by atoms with Crippen LogP contribution in [0.5, 0.6) is 0 Å². The van der Waals surface area contributed by atoms with Crippen LogP contribution in [0, 0.1) is 0 Å². The van der Waals surface area contributed by atoms with Crippen LogP contribution >= 0.6 is 0 Å². The van der Waals surface area contributed by atoms with Crippen molar-refractivity contribution < 1.29 is 33.7 Å². The molecule has 1 amide bonds. The molecule has 1 fully saturated rings. The van der Waals surface area contributed by atoms with Gasteiger partial charge in [0.25, 0.3) is 0 Å². The lowest BCUT2D eigenvalue weighted by Crippen LogP contribution is -2.39. The van der Waals surface area contributed by atoms with Crippen LogP contribution in [0.4, 0.5) is 5.82 Å². The maximum absolute atomic E-state index is 12.5. The van der Waals surface area contributed by atoms with E-state index in [9.17, 15) is 24.3 Å². The lowest BCUT2D eigenvalue weighted by Gasteiger charge is -2.20. The lowest BCUT2D eigenvalue weighted by atomic mass is 10.1. The molecule has 0 aliphatic carbocycles. The number of aliphatic hydroxyl groups excluding tert-OH is 1. The van der Waals surface area contributed by atoms with E-state index in [0.717, 1.165) is 4.57 Å². The van der Waals surface area contributed by atoms with E-state index >= 15 is 0 Å². The van der Waals surface area contributed by atoms with Crippen LogP contribution in [0.15, 0.2) is 17.1 Å². The van der Waals surface area contributed by atoms with Crippen molar-refractivity contribution in [2.75, 3.05) is 11.9 Å². The predicted octanol–water partition coefficient (Wildman–Crippen LogP) is 1.30. The number of nitrogens with zero attached hydrogens (tertiary/aromatic N) is 2.